The zero-order chi connectivity index (χ0) is 22.6. The van der Waals surface area contributed by atoms with Gasteiger partial charge in [-0.25, -0.2) is 8.42 Å². The number of para-hydroxylation sites is 2. The summed E-state index contributed by atoms with van der Waals surface area (Å²) >= 11 is 5.60. The van der Waals surface area contributed by atoms with E-state index in [2.05, 4.69) is 21.2 Å². The Kier molecular flexibility index (Phi) is 7.14. The van der Waals surface area contributed by atoms with Crippen LogP contribution in [-0.2, 0) is 14.8 Å². The van der Waals surface area contributed by atoms with Crippen molar-refractivity contribution in [2.45, 2.75) is 4.90 Å². The summed E-state index contributed by atoms with van der Waals surface area (Å²) in [6.07, 6.45) is 0. The van der Waals surface area contributed by atoms with Crippen LogP contribution in [0.2, 0.25) is 0 Å². The SMILES string of the molecule is COc1ccccc1N1CCN(C(=S)Nc2ccc(S(=O)(=O)N3CCOCC3)cc2)CC1. The Morgan fingerprint density at radius 1 is 0.969 bits per heavy atom. The van der Waals surface area contributed by atoms with Crippen LogP contribution in [0.1, 0.15) is 0 Å². The molecule has 0 unspecified atom stereocenters. The smallest absolute Gasteiger partial charge is 0.243 e. The molecule has 2 aromatic rings. The van der Waals surface area contributed by atoms with E-state index in [4.69, 9.17) is 21.7 Å². The van der Waals surface area contributed by atoms with Gasteiger partial charge in [0.05, 0.1) is 30.9 Å². The minimum Gasteiger partial charge on any atom is -0.495 e. The number of sulfonamides is 1. The standard InChI is InChI=1S/C22H28N4O4S2/c1-29-21-5-3-2-4-20(21)24-10-12-25(13-11-24)22(31)23-18-6-8-19(9-7-18)32(27,28)26-14-16-30-17-15-26/h2-9H,10-17H2,1H3,(H,23,31). The third kappa shape index (κ3) is 4.98. The molecule has 1 N–H and O–H groups in total. The molecule has 2 aromatic carbocycles. The van der Waals surface area contributed by atoms with Crippen molar-refractivity contribution in [3.8, 4) is 5.75 Å². The second-order valence-electron chi connectivity index (χ2n) is 7.62. The Morgan fingerprint density at radius 2 is 1.62 bits per heavy atom. The molecule has 2 saturated heterocycles. The summed E-state index contributed by atoms with van der Waals surface area (Å²) < 4.78 is 37.7. The van der Waals surface area contributed by atoms with Crippen molar-refractivity contribution in [1.29, 1.82) is 0 Å². The predicted octanol–water partition coefficient (Wildman–Crippen LogP) is 2.24. The van der Waals surface area contributed by atoms with E-state index in [-0.39, 0.29) is 4.90 Å². The van der Waals surface area contributed by atoms with E-state index in [0.717, 1.165) is 43.3 Å². The minimum atomic E-state index is -3.50. The molecule has 0 spiro atoms. The normalized spacial score (nSPS) is 17.8. The van der Waals surface area contributed by atoms with Crippen LogP contribution in [0, 0.1) is 0 Å². The van der Waals surface area contributed by atoms with Gasteiger partial charge in [0.15, 0.2) is 5.11 Å². The largest absolute Gasteiger partial charge is 0.495 e. The van der Waals surface area contributed by atoms with Crippen LogP contribution in [0.5, 0.6) is 5.75 Å². The van der Waals surface area contributed by atoms with E-state index in [9.17, 15) is 8.42 Å². The third-order valence-electron chi connectivity index (χ3n) is 5.71. The van der Waals surface area contributed by atoms with Crippen molar-refractivity contribution < 1.29 is 17.9 Å². The fourth-order valence-corrected chi connectivity index (χ4v) is 5.60. The number of ether oxygens (including phenoxy) is 2. The van der Waals surface area contributed by atoms with Gasteiger partial charge in [0, 0.05) is 45.0 Å². The van der Waals surface area contributed by atoms with Gasteiger partial charge in [-0.15, -0.1) is 0 Å². The molecule has 0 saturated carbocycles. The average molecular weight is 477 g/mol. The van der Waals surface area contributed by atoms with E-state index in [1.54, 1.807) is 31.4 Å². The number of nitrogens with one attached hydrogen (secondary N) is 1. The first kappa shape index (κ1) is 22.8. The number of nitrogens with zero attached hydrogens (tertiary/aromatic N) is 3. The summed E-state index contributed by atoms with van der Waals surface area (Å²) in [5.41, 5.74) is 1.86. The van der Waals surface area contributed by atoms with Crippen LogP contribution in [0.25, 0.3) is 0 Å². The van der Waals surface area contributed by atoms with Crippen LogP contribution < -0.4 is 15.0 Å². The van der Waals surface area contributed by atoms with Crippen LogP contribution in [0.15, 0.2) is 53.4 Å². The van der Waals surface area contributed by atoms with E-state index < -0.39 is 10.0 Å². The molecule has 4 rings (SSSR count). The molecule has 2 aliphatic heterocycles. The second kappa shape index (κ2) is 10.0. The molecule has 2 heterocycles. The molecule has 2 aliphatic rings. The maximum atomic E-state index is 12.8. The lowest BCUT2D eigenvalue weighted by molar-refractivity contribution is 0.0730. The molecule has 0 amide bonds. The van der Waals surface area contributed by atoms with Crippen molar-refractivity contribution in [1.82, 2.24) is 9.21 Å². The van der Waals surface area contributed by atoms with Crippen molar-refractivity contribution >= 4 is 38.7 Å². The lowest BCUT2D eigenvalue weighted by Gasteiger charge is -2.37. The highest BCUT2D eigenvalue weighted by Gasteiger charge is 2.26. The van der Waals surface area contributed by atoms with Crippen LogP contribution in [0.3, 0.4) is 0 Å². The Labute approximate surface area is 194 Å². The molecular formula is C22H28N4O4S2. The molecular weight excluding hydrogens is 448 g/mol. The summed E-state index contributed by atoms with van der Waals surface area (Å²) in [5.74, 6) is 0.869. The third-order valence-corrected chi connectivity index (χ3v) is 7.98. The topological polar surface area (TPSA) is 74.4 Å². The Bertz CT molecular complexity index is 1030. The highest BCUT2D eigenvalue weighted by Crippen LogP contribution is 2.28. The first-order valence-corrected chi connectivity index (χ1v) is 12.5. The number of benzene rings is 2. The van der Waals surface area contributed by atoms with Gasteiger partial charge in [0.1, 0.15) is 5.75 Å². The predicted molar refractivity (Wildman–Crippen MR) is 129 cm³/mol. The number of anilines is 2. The molecule has 0 aliphatic carbocycles. The van der Waals surface area contributed by atoms with Gasteiger partial charge in [0.25, 0.3) is 0 Å². The van der Waals surface area contributed by atoms with Gasteiger partial charge in [-0.2, -0.15) is 4.31 Å². The van der Waals surface area contributed by atoms with E-state index >= 15 is 0 Å². The van der Waals surface area contributed by atoms with E-state index in [1.807, 2.05) is 18.2 Å². The van der Waals surface area contributed by atoms with Crippen LogP contribution in [0.4, 0.5) is 11.4 Å². The van der Waals surface area contributed by atoms with Gasteiger partial charge < -0.3 is 24.6 Å². The number of hydrogen-bond donors (Lipinski definition) is 1. The van der Waals surface area contributed by atoms with Crippen molar-refractivity contribution in [2.75, 3.05) is 69.8 Å². The quantitative estimate of drug-likeness (QED) is 0.659. The molecule has 0 radical (unpaired) electrons. The number of methoxy groups -OCH3 is 1. The average Bonchev–Trinajstić information content (AvgIpc) is 2.85. The molecule has 8 nitrogen and oxygen atoms in total. The summed E-state index contributed by atoms with van der Waals surface area (Å²) in [7, 11) is -1.81. The molecule has 0 atom stereocenters. The maximum Gasteiger partial charge on any atom is 0.243 e. The van der Waals surface area contributed by atoms with Crippen molar-refractivity contribution in [2.24, 2.45) is 0 Å². The fraction of sp³-hybridized carbons (Fsp3) is 0.409. The van der Waals surface area contributed by atoms with Crippen LogP contribution >= 0.6 is 12.2 Å². The van der Waals surface area contributed by atoms with Gasteiger partial charge in [0.2, 0.25) is 10.0 Å². The monoisotopic (exact) mass is 476 g/mol. The summed E-state index contributed by atoms with van der Waals surface area (Å²) in [6.45, 7) is 4.86. The number of piperazine rings is 1. The fourth-order valence-electron chi connectivity index (χ4n) is 3.89. The summed E-state index contributed by atoms with van der Waals surface area (Å²) in [5, 5.41) is 3.87. The van der Waals surface area contributed by atoms with Gasteiger partial charge in [-0.05, 0) is 48.6 Å². The van der Waals surface area contributed by atoms with Gasteiger partial charge in [-0.1, -0.05) is 12.1 Å². The lowest BCUT2D eigenvalue weighted by Crippen LogP contribution is -2.50. The highest BCUT2D eigenvalue weighted by molar-refractivity contribution is 7.89. The van der Waals surface area contributed by atoms with Gasteiger partial charge in [-0.3, -0.25) is 0 Å². The zero-order valence-corrected chi connectivity index (χ0v) is 19.7. The van der Waals surface area contributed by atoms with Crippen molar-refractivity contribution in [3.05, 3.63) is 48.5 Å². The minimum absolute atomic E-state index is 0.279. The molecule has 2 fully saturated rings. The second-order valence-corrected chi connectivity index (χ2v) is 9.94. The molecule has 0 bridgehead atoms. The maximum absolute atomic E-state index is 12.8. The summed E-state index contributed by atoms with van der Waals surface area (Å²) in [4.78, 5) is 4.70. The van der Waals surface area contributed by atoms with Gasteiger partial charge >= 0.3 is 0 Å². The zero-order valence-electron chi connectivity index (χ0n) is 18.1. The number of hydrogen-bond acceptors (Lipinski definition) is 6. The van der Waals surface area contributed by atoms with E-state index in [0.29, 0.717) is 31.4 Å². The first-order valence-electron chi connectivity index (χ1n) is 10.6. The highest BCUT2D eigenvalue weighted by atomic mass is 32.2. The van der Waals surface area contributed by atoms with E-state index in [1.165, 1.54) is 4.31 Å². The van der Waals surface area contributed by atoms with Crippen molar-refractivity contribution in [3.63, 3.8) is 0 Å². The Morgan fingerprint density at radius 3 is 2.28 bits per heavy atom. The summed E-state index contributed by atoms with van der Waals surface area (Å²) in [6, 6.07) is 14.8. The Hall–Kier alpha value is -2.40. The number of morpholine rings is 1. The number of rotatable bonds is 5. The molecule has 0 aromatic heterocycles. The number of thiocarbonyl (C=S) groups is 1. The molecule has 10 heteroatoms. The van der Waals surface area contributed by atoms with Crippen LogP contribution in [-0.4, -0.2) is 82.3 Å². The lowest BCUT2D eigenvalue weighted by atomic mass is 10.2. The Balaban J connectivity index is 1.33. The molecule has 32 heavy (non-hydrogen) atoms. The molecule has 172 valence electrons. The first-order chi connectivity index (χ1) is 15.5.